The number of allylic oxidation sites excluding steroid dienone is 3. The van der Waals surface area contributed by atoms with Crippen LogP contribution in [-0.2, 0) is 0 Å². The number of carbonyl (C=O) groups excluding carboxylic acids is 1. The summed E-state index contributed by atoms with van der Waals surface area (Å²) in [6.07, 6.45) is 0. The van der Waals surface area contributed by atoms with Gasteiger partial charge in [-0.1, -0.05) is 53.6 Å². The maximum Gasteiger partial charge on any atom is 0.159 e. The number of Topliss-reactive ketones (excluding diaryl/α,β-unsaturated/α-hetero) is 1. The van der Waals surface area contributed by atoms with Crippen LogP contribution in [0.5, 0.6) is 0 Å². The first-order chi connectivity index (χ1) is 7.86. The SMILES string of the molecule is C=C(C)C(C)=C(C)C.CC(=O)c1ccccc1. The fraction of sp³-hybridized carbons (Fsp3) is 0.312. The molecule has 0 fully saturated rings. The van der Waals surface area contributed by atoms with E-state index in [0.29, 0.717) is 0 Å². The van der Waals surface area contributed by atoms with Gasteiger partial charge in [-0.2, -0.15) is 0 Å². The van der Waals surface area contributed by atoms with E-state index in [2.05, 4.69) is 27.4 Å². The molecule has 1 rings (SSSR count). The zero-order valence-corrected chi connectivity index (χ0v) is 11.5. The Morgan fingerprint density at radius 2 is 1.41 bits per heavy atom. The van der Waals surface area contributed by atoms with Gasteiger partial charge in [0.05, 0.1) is 0 Å². The van der Waals surface area contributed by atoms with E-state index in [1.807, 2.05) is 37.3 Å². The molecule has 0 saturated heterocycles. The number of benzene rings is 1. The first-order valence-electron chi connectivity index (χ1n) is 5.72. The molecule has 0 heterocycles. The minimum absolute atomic E-state index is 0.121. The highest BCUT2D eigenvalue weighted by Crippen LogP contribution is 2.09. The molecule has 1 heteroatoms. The van der Waals surface area contributed by atoms with Gasteiger partial charge in [0.2, 0.25) is 0 Å². The summed E-state index contributed by atoms with van der Waals surface area (Å²) in [5.41, 5.74) is 4.63. The molecule has 1 nitrogen and oxygen atoms in total. The quantitative estimate of drug-likeness (QED) is 0.526. The standard InChI is InChI=1S/C8H8O.C8H14/c1-7(9)8-5-3-2-4-6-8;1-6(2)8(5)7(3)4/h2-6H,1H3;1H2,2-5H3. The second-order valence-electron chi connectivity index (χ2n) is 4.33. The van der Waals surface area contributed by atoms with Crippen molar-refractivity contribution in [2.45, 2.75) is 34.6 Å². The number of rotatable bonds is 2. The Labute approximate surface area is 105 Å². The third-order valence-electron chi connectivity index (χ3n) is 2.57. The van der Waals surface area contributed by atoms with E-state index in [-0.39, 0.29) is 5.78 Å². The fourth-order valence-electron chi connectivity index (χ4n) is 1.10. The highest BCUT2D eigenvalue weighted by atomic mass is 16.1. The average Bonchev–Trinajstić information content (AvgIpc) is 2.29. The number of ketones is 1. The lowest BCUT2D eigenvalue weighted by molar-refractivity contribution is 0.101. The molecule has 1 aromatic carbocycles. The molecule has 0 radical (unpaired) electrons. The van der Waals surface area contributed by atoms with E-state index >= 15 is 0 Å². The Morgan fingerprint density at radius 1 is 0.941 bits per heavy atom. The molecule has 0 aliphatic carbocycles. The average molecular weight is 230 g/mol. The van der Waals surface area contributed by atoms with Crippen molar-refractivity contribution in [1.29, 1.82) is 0 Å². The zero-order valence-electron chi connectivity index (χ0n) is 11.5. The third-order valence-corrected chi connectivity index (χ3v) is 2.57. The van der Waals surface area contributed by atoms with E-state index in [1.165, 1.54) is 16.7 Å². The predicted molar refractivity (Wildman–Crippen MR) is 75.3 cm³/mol. The maximum absolute atomic E-state index is 10.6. The van der Waals surface area contributed by atoms with E-state index in [4.69, 9.17) is 0 Å². The first-order valence-corrected chi connectivity index (χ1v) is 5.72. The molecule has 0 spiro atoms. The molecule has 0 atom stereocenters. The van der Waals surface area contributed by atoms with Crippen molar-refractivity contribution in [3.05, 3.63) is 59.2 Å². The molecule has 0 N–H and O–H groups in total. The van der Waals surface area contributed by atoms with Crippen LogP contribution in [0.3, 0.4) is 0 Å². The highest BCUT2D eigenvalue weighted by Gasteiger charge is 1.92. The van der Waals surface area contributed by atoms with Crippen LogP contribution in [0.4, 0.5) is 0 Å². The Bertz CT molecular complexity index is 406. The Kier molecular flexibility index (Phi) is 6.88. The monoisotopic (exact) mass is 230 g/mol. The molecule has 0 unspecified atom stereocenters. The van der Waals surface area contributed by atoms with Crippen molar-refractivity contribution in [3.8, 4) is 0 Å². The zero-order chi connectivity index (χ0) is 13.4. The third kappa shape index (κ3) is 6.52. The number of carbonyl (C=O) groups is 1. The molecule has 0 saturated carbocycles. The first kappa shape index (κ1) is 15.4. The van der Waals surface area contributed by atoms with Gasteiger partial charge < -0.3 is 0 Å². The van der Waals surface area contributed by atoms with Gasteiger partial charge >= 0.3 is 0 Å². The van der Waals surface area contributed by atoms with Crippen LogP contribution < -0.4 is 0 Å². The summed E-state index contributed by atoms with van der Waals surface area (Å²) in [5.74, 6) is 0.121. The van der Waals surface area contributed by atoms with E-state index in [1.54, 1.807) is 6.92 Å². The Balaban J connectivity index is 0.000000304. The summed E-state index contributed by atoms with van der Waals surface area (Å²) in [6.45, 7) is 13.7. The molecule has 17 heavy (non-hydrogen) atoms. The summed E-state index contributed by atoms with van der Waals surface area (Å²) < 4.78 is 0. The molecule has 1 aromatic rings. The van der Waals surface area contributed by atoms with Crippen molar-refractivity contribution in [2.24, 2.45) is 0 Å². The van der Waals surface area contributed by atoms with Gasteiger partial charge in [0, 0.05) is 5.56 Å². The lowest BCUT2D eigenvalue weighted by Crippen LogP contribution is -1.88. The van der Waals surface area contributed by atoms with Crippen molar-refractivity contribution >= 4 is 5.78 Å². The Hall–Kier alpha value is -1.63. The van der Waals surface area contributed by atoms with Crippen LogP contribution in [0.15, 0.2) is 53.6 Å². The fourth-order valence-corrected chi connectivity index (χ4v) is 1.10. The minimum Gasteiger partial charge on any atom is -0.295 e. The minimum atomic E-state index is 0.121. The second-order valence-corrected chi connectivity index (χ2v) is 4.33. The molecule has 0 aliphatic heterocycles. The lowest BCUT2D eigenvalue weighted by atomic mass is 10.1. The lowest BCUT2D eigenvalue weighted by Gasteiger charge is -1.99. The maximum atomic E-state index is 10.6. The van der Waals surface area contributed by atoms with Crippen LogP contribution in [0.2, 0.25) is 0 Å². The van der Waals surface area contributed by atoms with Crippen LogP contribution in [0.1, 0.15) is 45.0 Å². The van der Waals surface area contributed by atoms with Gasteiger partial charge in [0.25, 0.3) is 0 Å². The topological polar surface area (TPSA) is 17.1 Å². The van der Waals surface area contributed by atoms with Gasteiger partial charge in [0.1, 0.15) is 0 Å². The van der Waals surface area contributed by atoms with Crippen LogP contribution >= 0.6 is 0 Å². The summed E-state index contributed by atoms with van der Waals surface area (Å²) in [4.78, 5) is 10.6. The van der Waals surface area contributed by atoms with Gasteiger partial charge in [0.15, 0.2) is 5.78 Å². The second kappa shape index (κ2) is 7.61. The molecular formula is C16H22O. The van der Waals surface area contributed by atoms with Crippen molar-refractivity contribution in [1.82, 2.24) is 0 Å². The largest absolute Gasteiger partial charge is 0.295 e. The van der Waals surface area contributed by atoms with Crippen molar-refractivity contribution < 1.29 is 4.79 Å². The molecular weight excluding hydrogens is 208 g/mol. The van der Waals surface area contributed by atoms with Gasteiger partial charge in [-0.05, 0) is 34.6 Å². The van der Waals surface area contributed by atoms with Crippen molar-refractivity contribution in [3.63, 3.8) is 0 Å². The summed E-state index contributed by atoms with van der Waals surface area (Å²) in [5, 5.41) is 0. The van der Waals surface area contributed by atoms with Gasteiger partial charge in [-0.3, -0.25) is 4.79 Å². The van der Waals surface area contributed by atoms with E-state index in [9.17, 15) is 4.79 Å². The van der Waals surface area contributed by atoms with Crippen LogP contribution in [-0.4, -0.2) is 5.78 Å². The smallest absolute Gasteiger partial charge is 0.159 e. The number of hydrogen-bond acceptors (Lipinski definition) is 1. The summed E-state index contributed by atoms with van der Waals surface area (Å²) >= 11 is 0. The van der Waals surface area contributed by atoms with Gasteiger partial charge in [-0.25, -0.2) is 0 Å². The molecule has 0 aliphatic rings. The van der Waals surface area contributed by atoms with E-state index < -0.39 is 0 Å². The summed E-state index contributed by atoms with van der Waals surface area (Å²) in [6, 6.07) is 9.23. The molecule has 92 valence electrons. The highest BCUT2D eigenvalue weighted by molar-refractivity contribution is 5.93. The molecule has 0 bridgehead atoms. The molecule has 0 aromatic heterocycles. The van der Waals surface area contributed by atoms with E-state index in [0.717, 1.165) is 5.56 Å². The van der Waals surface area contributed by atoms with Crippen LogP contribution in [0.25, 0.3) is 0 Å². The molecule has 0 amide bonds. The van der Waals surface area contributed by atoms with Crippen molar-refractivity contribution in [2.75, 3.05) is 0 Å². The van der Waals surface area contributed by atoms with Crippen LogP contribution in [0, 0.1) is 0 Å². The Morgan fingerprint density at radius 3 is 1.59 bits per heavy atom. The number of hydrogen-bond donors (Lipinski definition) is 0. The normalized spacial score (nSPS) is 8.76. The summed E-state index contributed by atoms with van der Waals surface area (Å²) in [7, 11) is 0. The van der Waals surface area contributed by atoms with Gasteiger partial charge in [-0.15, -0.1) is 0 Å². The predicted octanol–water partition coefficient (Wildman–Crippen LogP) is 4.81.